The number of benzene rings is 1. The maximum Gasteiger partial charge on any atom is 0.310 e. The lowest BCUT2D eigenvalue weighted by Gasteiger charge is -2.12. The number of rotatable bonds is 3. The van der Waals surface area contributed by atoms with E-state index in [1.807, 2.05) is 6.92 Å². The fourth-order valence-corrected chi connectivity index (χ4v) is 1.93. The van der Waals surface area contributed by atoms with Crippen LogP contribution in [0.15, 0.2) is 18.2 Å². The first-order valence-electron chi connectivity index (χ1n) is 5.52. The van der Waals surface area contributed by atoms with Gasteiger partial charge in [-0.15, -0.1) is 0 Å². The molecule has 1 aromatic carbocycles. The molecular weight excluding hydrogens is 222 g/mol. The molecule has 0 N–H and O–H groups in total. The number of Topliss-reactive ketones (excluding diaryl/α,β-unsaturated/α-hetero) is 1. The van der Waals surface area contributed by atoms with Crippen molar-refractivity contribution >= 4 is 11.5 Å². The molecule has 0 aliphatic heterocycles. The van der Waals surface area contributed by atoms with E-state index in [-0.39, 0.29) is 17.2 Å². The predicted molar refractivity (Wildman–Crippen MR) is 61.1 cm³/mol. The first-order chi connectivity index (χ1) is 8.08. The maximum absolute atomic E-state index is 11.4. The normalized spacial score (nSPS) is 19.4. The van der Waals surface area contributed by atoms with Gasteiger partial charge in [0.15, 0.2) is 17.6 Å². The number of carbonyl (C=O) groups excluding carboxylic acids is 1. The van der Waals surface area contributed by atoms with Crippen LogP contribution in [0.25, 0.3) is 0 Å². The van der Waals surface area contributed by atoms with Crippen LogP contribution in [0.2, 0.25) is 0 Å². The van der Waals surface area contributed by atoms with Gasteiger partial charge in [-0.25, -0.2) is 0 Å². The molecule has 1 atom stereocenters. The fraction of sp³-hybridized carbons (Fsp3) is 0.417. The van der Waals surface area contributed by atoms with E-state index in [1.54, 1.807) is 12.1 Å². The Balaban J connectivity index is 2.27. The molecule has 0 radical (unpaired) electrons. The fourth-order valence-electron chi connectivity index (χ4n) is 1.93. The molecule has 17 heavy (non-hydrogen) atoms. The summed E-state index contributed by atoms with van der Waals surface area (Å²) in [6.45, 7) is 1.83. The highest BCUT2D eigenvalue weighted by Crippen LogP contribution is 2.31. The van der Waals surface area contributed by atoms with Gasteiger partial charge >= 0.3 is 5.69 Å². The van der Waals surface area contributed by atoms with Crippen LogP contribution >= 0.6 is 0 Å². The first kappa shape index (κ1) is 11.6. The highest BCUT2D eigenvalue weighted by molar-refractivity contribution is 5.85. The molecule has 90 valence electrons. The average Bonchev–Trinajstić information content (AvgIpc) is 2.64. The van der Waals surface area contributed by atoms with Crippen molar-refractivity contribution in [3.63, 3.8) is 0 Å². The summed E-state index contributed by atoms with van der Waals surface area (Å²) < 4.78 is 5.47. The Morgan fingerprint density at radius 2 is 2.24 bits per heavy atom. The third-order valence-electron chi connectivity index (χ3n) is 2.83. The van der Waals surface area contributed by atoms with Crippen molar-refractivity contribution in [2.75, 3.05) is 0 Å². The van der Waals surface area contributed by atoms with Crippen LogP contribution in [-0.4, -0.2) is 16.8 Å². The van der Waals surface area contributed by atoms with Crippen molar-refractivity contribution in [1.29, 1.82) is 0 Å². The van der Waals surface area contributed by atoms with Crippen LogP contribution in [0.3, 0.4) is 0 Å². The zero-order valence-electron chi connectivity index (χ0n) is 9.51. The smallest absolute Gasteiger partial charge is 0.310 e. The molecule has 0 aromatic heterocycles. The maximum atomic E-state index is 11.4. The van der Waals surface area contributed by atoms with Gasteiger partial charge in [-0.05, 0) is 31.4 Å². The van der Waals surface area contributed by atoms with Gasteiger partial charge in [-0.3, -0.25) is 14.9 Å². The molecule has 1 saturated carbocycles. The molecule has 0 saturated heterocycles. The second kappa shape index (κ2) is 4.53. The molecule has 0 bridgehead atoms. The number of hydrogen-bond acceptors (Lipinski definition) is 4. The minimum atomic E-state index is -0.518. The monoisotopic (exact) mass is 235 g/mol. The highest BCUT2D eigenvalue weighted by Gasteiger charge is 2.28. The Morgan fingerprint density at radius 3 is 2.82 bits per heavy atom. The van der Waals surface area contributed by atoms with Gasteiger partial charge in [0, 0.05) is 12.5 Å². The molecule has 0 spiro atoms. The number of aryl methyl sites for hydroxylation is 1. The summed E-state index contributed by atoms with van der Waals surface area (Å²) >= 11 is 0. The van der Waals surface area contributed by atoms with E-state index in [0.29, 0.717) is 12.8 Å². The van der Waals surface area contributed by atoms with Crippen molar-refractivity contribution in [3.8, 4) is 5.75 Å². The van der Waals surface area contributed by atoms with Crippen LogP contribution in [0.5, 0.6) is 5.75 Å². The third kappa shape index (κ3) is 2.43. The topological polar surface area (TPSA) is 69.4 Å². The molecule has 0 amide bonds. The summed E-state index contributed by atoms with van der Waals surface area (Å²) in [7, 11) is 0. The number of ketones is 1. The summed E-state index contributed by atoms with van der Waals surface area (Å²) in [5.41, 5.74) is 0.784. The lowest BCUT2D eigenvalue weighted by molar-refractivity contribution is -0.386. The minimum absolute atomic E-state index is 0.0285. The van der Waals surface area contributed by atoms with Crippen molar-refractivity contribution in [1.82, 2.24) is 0 Å². The molecule has 5 nitrogen and oxygen atoms in total. The Morgan fingerprint density at radius 1 is 1.47 bits per heavy atom. The second-order valence-corrected chi connectivity index (χ2v) is 4.19. The van der Waals surface area contributed by atoms with E-state index in [4.69, 9.17) is 4.74 Å². The van der Waals surface area contributed by atoms with Gasteiger partial charge < -0.3 is 4.74 Å². The largest absolute Gasteiger partial charge is 0.476 e. The molecule has 0 heterocycles. The zero-order chi connectivity index (χ0) is 12.4. The molecule has 1 aliphatic rings. The molecule has 1 aromatic rings. The molecule has 2 rings (SSSR count). The van der Waals surface area contributed by atoms with Gasteiger partial charge in [-0.1, -0.05) is 6.07 Å². The number of ether oxygens (including phenoxy) is 1. The van der Waals surface area contributed by atoms with Gasteiger partial charge in [0.2, 0.25) is 0 Å². The van der Waals surface area contributed by atoms with Gasteiger partial charge in [0.25, 0.3) is 0 Å². The Hall–Kier alpha value is -1.91. The molecule has 1 aliphatic carbocycles. The van der Waals surface area contributed by atoms with Gasteiger partial charge in [0.05, 0.1) is 4.92 Å². The Labute approximate surface area is 98.5 Å². The standard InChI is InChI=1S/C12H13NO4/c1-8-5-6-9(13(15)16)12(7-8)17-11-4-2-3-10(11)14/h5-7,11H,2-4H2,1H3. The van der Waals surface area contributed by atoms with E-state index in [0.717, 1.165) is 12.0 Å². The zero-order valence-corrected chi connectivity index (χ0v) is 9.51. The molecule has 5 heteroatoms. The first-order valence-corrected chi connectivity index (χ1v) is 5.52. The minimum Gasteiger partial charge on any atom is -0.476 e. The van der Waals surface area contributed by atoms with E-state index in [1.165, 1.54) is 6.07 Å². The van der Waals surface area contributed by atoms with Crippen LogP contribution in [0, 0.1) is 17.0 Å². The molecule has 1 unspecified atom stereocenters. The van der Waals surface area contributed by atoms with Crippen LogP contribution in [0.4, 0.5) is 5.69 Å². The number of nitro groups is 1. The third-order valence-corrected chi connectivity index (χ3v) is 2.83. The summed E-state index contributed by atoms with van der Waals surface area (Å²) in [6, 6.07) is 4.66. The summed E-state index contributed by atoms with van der Waals surface area (Å²) in [4.78, 5) is 21.8. The predicted octanol–water partition coefficient (Wildman–Crippen LogP) is 2.40. The summed E-state index contributed by atoms with van der Waals surface area (Å²) in [5.74, 6) is 0.219. The SMILES string of the molecule is Cc1ccc([N+](=O)[O-])c(OC2CCCC2=O)c1. The number of hydrogen-bond donors (Lipinski definition) is 0. The van der Waals surface area contributed by atoms with Crippen LogP contribution < -0.4 is 4.74 Å². The molecular formula is C12H13NO4. The highest BCUT2D eigenvalue weighted by atomic mass is 16.6. The van der Waals surface area contributed by atoms with Crippen LogP contribution in [0.1, 0.15) is 24.8 Å². The number of nitrogens with zero attached hydrogens (tertiary/aromatic N) is 1. The van der Waals surface area contributed by atoms with Crippen LogP contribution in [-0.2, 0) is 4.79 Å². The average molecular weight is 235 g/mol. The van der Waals surface area contributed by atoms with Gasteiger partial charge in [0.1, 0.15) is 0 Å². The van der Waals surface area contributed by atoms with E-state index in [2.05, 4.69) is 0 Å². The lowest BCUT2D eigenvalue weighted by atomic mass is 10.2. The van der Waals surface area contributed by atoms with E-state index >= 15 is 0 Å². The molecule has 1 fully saturated rings. The van der Waals surface area contributed by atoms with Crippen molar-refractivity contribution in [2.24, 2.45) is 0 Å². The van der Waals surface area contributed by atoms with Gasteiger partial charge in [-0.2, -0.15) is 0 Å². The second-order valence-electron chi connectivity index (χ2n) is 4.19. The Kier molecular flexibility index (Phi) is 3.08. The lowest BCUT2D eigenvalue weighted by Crippen LogP contribution is -2.21. The van der Waals surface area contributed by atoms with Crippen molar-refractivity contribution in [2.45, 2.75) is 32.3 Å². The number of carbonyl (C=O) groups is 1. The summed E-state index contributed by atoms with van der Waals surface area (Å²) in [6.07, 6.45) is 1.42. The Bertz CT molecular complexity index is 470. The van der Waals surface area contributed by atoms with Crippen molar-refractivity contribution < 1.29 is 14.5 Å². The van der Waals surface area contributed by atoms with Crippen molar-refractivity contribution in [3.05, 3.63) is 33.9 Å². The quantitative estimate of drug-likeness (QED) is 0.595. The van der Waals surface area contributed by atoms with E-state index in [9.17, 15) is 14.9 Å². The van der Waals surface area contributed by atoms with E-state index < -0.39 is 11.0 Å². The number of nitro benzene ring substituents is 1. The summed E-state index contributed by atoms with van der Waals surface area (Å²) in [5, 5.41) is 10.8.